The Balaban J connectivity index is 1.80. The molecule has 1 aliphatic heterocycles. The highest BCUT2D eigenvalue weighted by atomic mass is 16.3. The van der Waals surface area contributed by atoms with Gasteiger partial charge in [-0.05, 0) is 37.6 Å². The monoisotopic (exact) mass is 334 g/mol. The molecule has 0 spiro atoms. The molecule has 1 N–H and O–H groups in total. The summed E-state index contributed by atoms with van der Waals surface area (Å²) in [4.78, 5) is 2.41. The van der Waals surface area contributed by atoms with Gasteiger partial charge in [0.15, 0.2) is 0 Å². The molecule has 0 bridgehead atoms. The van der Waals surface area contributed by atoms with Gasteiger partial charge in [0.25, 0.3) is 0 Å². The number of nitrogens with zero attached hydrogens (tertiary/aromatic N) is 2. The lowest BCUT2D eigenvalue weighted by Crippen LogP contribution is -2.33. The Morgan fingerprint density at radius 2 is 1.60 bits per heavy atom. The largest absolute Gasteiger partial charge is 0.387 e. The molecule has 3 aromatic rings. The smallest absolute Gasteiger partial charge is 0.0943 e. The van der Waals surface area contributed by atoms with Crippen LogP contribution in [0.5, 0.6) is 0 Å². The van der Waals surface area contributed by atoms with Gasteiger partial charge in [0.2, 0.25) is 0 Å². The predicted octanol–water partition coefficient (Wildman–Crippen LogP) is 4.36. The van der Waals surface area contributed by atoms with Crippen LogP contribution in [0.25, 0.3) is 22.2 Å². The van der Waals surface area contributed by atoms with Crippen molar-refractivity contribution in [1.82, 2.24) is 9.47 Å². The van der Waals surface area contributed by atoms with Gasteiger partial charge in [0.05, 0.1) is 11.8 Å². The Bertz CT molecular complexity index is 847. The van der Waals surface area contributed by atoms with Crippen LogP contribution in [-0.2, 0) is 7.05 Å². The molecule has 3 heteroatoms. The molecule has 25 heavy (non-hydrogen) atoms. The third-order valence-electron chi connectivity index (χ3n) is 5.41. The molecule has 0 amide bonds. The second-order valence-electron chi connectivity index (χ2n) is 7.08. The highest BCUT2D eigenvalue weighted by molar-refractivity contribution is 5.92. The van der Waals surface area contributed by atoms with Crippen LogP contribution in [0.1, 0.15) is 30.9 Å². The molecule has 0 aliphatic carbocycles. The van der Waals surface area contributed by atoms with E-state index in [-0.39, 0.29) is 0 Å². The summed E-state index contributed by atoms with van der Waals surface area (Å²) < 4.78 is 2.22. The number of aliphatic hydroxyl groups is 1. The predicted molar refractivity (Wildman–Crippen MR) is 104 cm³/mol. The number of hydrogen-bond acceptors (Lipinski definition) is 2. The molecular weight excluding hydrogens is 308 g/mol. The number of aliphatic hydroxyl groups excluding tert-OH is 1. The minimum atomic E-state index is -0.473. The van der Waals surface area contributed by atoms with E-state index in [9.17, 15) is 5.11 Å². The van der Waals surface area contributed by atoms with Gasteiger partial charge in [-0.2, -0.15) is 0 Å². The van der Waals surface area contributed by atoms with Crippen molar-refractivity contribution in [3.05, 3.63) is 60.2 Å². The zero-order chi connectivity index (χ0) is 17.2. The molecule has 0 radical (unpaired) electrons. The fraction of sp³-hybridized carbons (Fsp3) is 0.364. The summed E-state index contributed by atoms with van der Waals surface area (Å²) in [6.07, 6.45) is 3.33. The number of aryl methyl sites for hydroxylation is 1. The molecular formula is C22H26N2O. The Kier molecular flexibility index (Phi) is 4.60. The van der Waals surface area contributed by atoms with Crippen LogP contribution in [0, 0.1) is 0 Å². The summed E-state index contributed by atoms with van der Waals surface area (Å²) in [6, 6.07) is 18.8. The number of fused-ring (bicyclic) bond motifs is 1. The SMILES string of the molecule is Cn1c(-c2ccccc2)c(C(O)CN2CCCCC2)c2ccccc21. The number of likely N-dealkylation sites (tertiary alicyclic amines) is 1. The third-order valence-corrected chi connectivity index (χ3v) is 5.41. The van der Waals surface area contributed by atoms with Crippen LogP contribution in [0.4, 0.5) is 0 Å². The van der Waals surface area contributed by atoms with Gasteiger partial charge in [-0.25, -0.2) is 0 Å². The molecule has 3 nitrogen and oxygen atoms in total. The van der Waals surface area contributed by atoms with Crippen molar-refractivity contribution in [1.29, 1.82) is 0 Å². The van der Waals surface area contributed by atoms with Crippen LogP contribution >= 0.6 is 0 Å². The normalized spacial score (nSPS) is 17.0. The standard InChI is InChI=1S/C22H26N2O/c1-23-19-13-7-6-12-18(19)21(22(23)17-10-4-2-5-11-17)20(25)16-24-14-8-3-9-15-24/h2,4-7,10-13,20,25H,3,8-9,14-16H2,1H3. The van der Waals surface area contributed by atoms with Crippen LogP contribution in [-0.4, -0.2) is 34.2 Å². The second-order valence-corrected chi connectivity index (χ2v) is 7.08. The van der Waals surface area contributed by atoms with E-state index in [2.05, 4.69) is 65.0 Å². The van der Waals surface area contributed by atoms with Gasteiger partial charge in [-0.3, -0.25) is 0 Å². The Morgan fingerprint density at radius 3 is 2.36 bits per heavy atom. The van der Waals surface area contributed by atoms with Gasteiger partial charge in [0.1, 0.15) is 0 Å². The fourth-order valence-corrected chi connectivity index (χ4v) is 4.18. The molecule has 1 fully saturated rings. The summed E-state index contributed by atoms with van der Waals surface area (Å²) in [5.74, 6) is 0. The van der Waals surface area contributed by atoms with Gasteiger partial charge < -0.3 is 14.6 Å². The second kappa shape index (κ2) is 7.03. The highest BCUT2D eigenvalue weighted by Crippen LogP contribution is 2.37. The molecule has 1 aromatic heterocycles. The molecule has 2 aromatic carbocycles. The average molecular weight is 334 g/mol. The molecule has 1 atom stereocenters. The first-order valence-corrected chi connectivity index (χ1v) is 9.29. The lowest BCUT2D eigenvalue weighted by Gasteiger charge is -2.29. The van der Waals surface area contributed by atoms with E-state index in [1.54, 1.807) is 0 Å². The molecule has 2 heterocycles. The maximum absolute atomic E-state index is 11.2. The summed E-state index contributed by atoms with van der Waals surface area (Å²) in [5.41, 5.74) is 4.53. The van der Waals surface area contributed by atoms with Crippen molar-refractivity contribution in [2.24, 2.45) is 7.05 Å². The van der Waals surface area contributed by atoms with E-state index < -0.39 is 6.10 Å². The number of hydrogen-bond donors (Lipinski definition) is 1. The number of benzene rings is 2. The number of aromatic nitrogens is 1. The topological polar surface area (TPSA) is 28.4 Å². The van der Waals surface area contributed by atoms with Crippen molar-refractivity contribution < 1.29 is 5.11 Å². The maximum Gasteiger partial charge on any atom is 0.0943 e. The summed E-state index contributed by atoms with van der Waals surface area (Å²) in [5, 5.41) is 12.3. The van der Waals surface area contributed by atoms with E-state index in [4.69, 9.17) is 0 Å². The number of rotatable bonds is 4. The lowest BCUT2D eigenvalue weighted by molar-refractivity contribution is 0.103. The van der Waals surface area contributed by atoms with Gasteiger partial charge in [0, 0.05) is 30.1 Å². The van der Waals surface area contributed by atoms with E-state index in [0.717, 1.165) is 35.3 Å². The van der Waals surface area contributed by atoms with Crippen molar-refractivity contribution in [2.45, 2.75) is 25.4 Å². The minimum Gasteiger partial charge on any atom is -0.387 e. The first kappa shape index (κ1) is 16.4. The zero-order valence-corrected chi connectivity index (χ0v) is 14.9. The first-order chi connectivity index (χ1) is 12.3. The van der Waals surface area contributed by atoms with Gasteiger partial charge in [-0.1, -0.05) is 55.0 Å². The van der Waals surface area contributed by atoms with Crippen LogP contribution in [0.2, 0.25) is 0 Å². The Morgan fingerprint density at radius 1 is 0.920 bits per heavy atom. The van der Waals surface area contributed by atoms with Crippen molar-refractivity contribution in [3.63, 3.8) is 0 Å². The van der Waals surface area contributed by atoms with Crippen molar-refractivity contribution in [2.75, 3.05) is 19.6 Å². The van der Waals surface area contributed by atoms with E-state index in [0.29, 0.717) is 6.54 Å². The molecule has 4 rings (SSSR count). The van der Waals surface area contributed by atoms with Crippen LogP contribution < -0.4 is 0 Å². The van der Waals surface area contributed by atoms with E-state index in [1.165, 1.54) is 24.8 Å². The molecule has 1 aliphatic rings. The molecule has 1 saturated heterocycles. The third kappa shape index (κ3) is 3.10. The van der Waals surface area contributed by atoms with Crippen molar-refractivity contribution in [3.8, 4) is 11.3 Å². The number of para-hydroxylation sites is 1. The Hall–Kier alpha value is -2.10. The van der Waals surface area contributed by atoms with Crippen molar-refractivity contribution >= 4 is 10.9 Å². The van der Waals surface area contributed by atoms with Gasteiger partial charge in [-0.15, -0.1) is 0 Å². The molecule has 1 unspecified atom stereocenters. The lowest BCUT2D eigenvalue weighted by atomic mass is 9.99. The minimum absolute atomic E-state index is 0.473. The maximum atomic E-state index is 11.2. The number of β-amino-alcohol motifs (C(OH)–C–C–N with tert-alkyl or cyclic N) is 1. The highest BCUT2D eigenvalue weighted by Gasteiger charge is 2.24. The van der Waals surface area contributed by atoms with Gasteiger partial charge >= 0.3 is 0 Å². The quantitative estimate of drug-likeness (QED) is 0.768. The molecule has 130 valence electrons. The zero-order valence-electron chi connectivity index (χ0n) is 14.9. The fourth-order valence-electron chi connectivity index (χ4n) is 4.18. The summed E-state index contributed by atoms with van der Waals surface area (Å²) >= 11 is 0. The number of piperidine rings is 1. The summed E-state index contributed by atoms with van der Waals surface area (Å²) in [7, 11) is 2.10. The summed E-state index contributed by atoms with van der Waals surface area (Å²) in [6.45, 7) is 2.92. The van der Waals surface area contributed by atoms with E-state index in [1.807, 2.05) is 6.07 Å². The van der Waals surface area contributed by atoms with E-state index >= 15 is 0 Å². The molecule has 0 saturated carbocycles. The Labute approximate surface area is 149 Å². The first-order valence-electron chi connectivity index (χ1n) is 9.29. The van der Waals surface area contributed by atoms with Crippen LogP contribution in [0.15, 0.2) is 54.6 Å². The van der Waals surface area contributed by atoms with Crippen LogP contribution in [0.3, 0.4) is 0 Å². The average Bonchev–Trinajstić information content (AvgIpc) is 2.96.